The first kappa shape index (κ1) is 21.3. The van der Waals surface area contributed by atoms with Gasteiger partial charge in [0.2, 0.25) is 0 Å². The van der Waals surface area contributed by atoms with Crippen molar-refractivity contribution in [1.29, 1.82) is 0 Å². The van der Waals surface area contributed by atoms with Crippen LogP contribution in [-0.4, -0.2) is 11.1 Å². The maximum absolute atomic E-state index is 10.3. The Bertz CT molecular complexity index is 710. The van der Waals surface area contributed by atoms with Crippen molar-refractivity contribution in [2.24, 2.45) is 0 Å². The minimum Gasteiger partial charge on any atom is -0.478 e. The average Bonchev–Trinajstić information content (AvgIpc) is 2.62. The standard InChI is InChI=1S/C8H8O2.C7H7Cl.C7H9N/c1-6-2-4-7(5-3-6)8(9)10;2*1-6-2-4-7(8)5-3-6/h2-5H,1H3,(H,9,10);2-5H,1H3;2-5H,8H2,1H3. The zero-order chi connectivity index (χ0) is 19.5. The van der Waals surface area contributed by atoms with Gasteiger partial charge in [0.25, 0.3) is 0 Å². The third-order valence-electron chi connectivity index (χ3n) is 3.39. The molecule has 0 amide bonds. The van der Waals surface area contributed by atoms with Gasteiger partial charge in [0, 0.05) is 10.7 Å². The molecule has 0 aromatic heterocycles. The van der Waals surface area contributed by atoms with Crippen molar-refractivity contribution < 1.29 is 9.90 Å². The van der Waals surface area contributed by atoms with E-state index in [4.69, 9.17) is 22.4 Å². The van der Waals surface area contributed by atoms with Crippen LogP contribution in [0, 0.1) is 20.8 Å². The normalized spacial score (nSPS) is 9.23. The Balaban J connectivity index is 0.000000197. The molecule has 0 aliphatic heterocycles. The van der Waals surface area contributed by atoms with Crippen molar-refractivity contribution in [2.75, 3.05) is 5.73 Å². The summed E-state index contributed by atoms with van der Waals surface area (Å²) in [6, 6.07) is 22.3. The highest BCUT2D eigenvalue weighted by Gasteiger charge is 1.98. The van der Waals surface area contributed by atoms with Crippen molar-refractivity contribution in [3.05, 3.63) is 100 Å². The lowest BCUT2D eigenvalue weighted by Crippen LogP contribution is -1.94. The van der Waals surface area contributed by atoms with Gasteiger partial charge in [0.15, 0.2) is 0 Å². The molecule has 0 aliphatic rings. The summed E-state index contributed by atoms with van der Waals surface area (Å²) in [4.78, 5) is 10.3. The van der Waals surface area contributed by atoms with E-state index in [1.54, 1.807) is 24.3 Å². The van der Waals surface area contributed by atoms with E-state index in [0.717, 1.165) is 16.3 Å². The van der Waals surface area contributed by atoms with Gasteiger partial charge in [-0.15, -0.1) is 0 Å². The second kappa shape index (κ2) is 11.0. The quantitative estimate of drug-likeness (QED) is 0.523. The summed E-state index contributed by atoms with van der Waals surface area (Å²) in [5.41, 5.74) is 10.2. The molecule has 26 heavy (non-hydrogen) atoms. The molecule has 3 aromatic rings. The highest BCUT2D eigenvalue weighted by molar-refractivity contribution is 6.30. The van der Waals surface area contributed by atoms with Crippen LogP contribution in [-0.2, 0) is 0 Å². The number of carboxylic acids is 1. The highest BCUT2D eigenvalue weighted by atomic mass is 35.5. The van der Waals surface area contributed by atoms with Gasteiger partial charge in [-0.25, -0.2) is 4.79 Å². The molecule has 0 spiro atoms. The smallest absolute Gasteiger partial charge is 0.335 e. The number of aromatic carboxylic acids is 1. The lowest BCUT2D eigenvalue weighted by Gasteiger charge is -1.92. The number of nitrogens with two attached hydrogens (primary N) is 1. The van der Waals surface area contributed by atoms with Crippen molar-refractivity contribution in [1.82, 2.24) is 0 Å². The lowest BCUT2D eigenvalue weighted by atomic mass is 10.2. The lowest BCUT2D eigenvalue weighted by molar-refractivity contribution is 0.0697. The summed E-state index contributed by atoms with van der Waals surface area (Å²) in [5, 5.41) is 9.28. The van der Waals surface area contributed by atoms with Gasteiger partial charge in [0.05, 0.1) is 5.56 Å². The van der Waals surface area contributed by atoms with Crippen LogP contribution in [0.4, 0.5) is 5.69 Å². The first-order valence-corrected chi connectivity index (χ1v) is 8.50. The van der Waals surface area contributed by atoms with E-state index in [1.807, 2.05) is 69.3 Å². The molecule has 136 valence electrons. The molecule has 3 N–H and O–H groups in total. The molecule has 0 heterocycles. The van der Waals surface area contributed by atoms with Gasteiger partial charge in [-0.2, -0.15) is 0 Å². The molecule has 0 saturated heterocycles. The van der Waals surface area contributed by atoms with Crippen LogP contribution in [0.5, 0.6) is 0 Å². The highest BCUT2D eigenvalue weighted by Crippen LogP contribution is 2.07. The maximum atomic E-state index is 10.3. The van der Waals surface area contributed by atoms with Crippen LogP contribution >= 0.6 is 11.6 Å². The number of hydrogen-bond donors (Lipinski definition) is 2. The van der Waals surface area contributed by atoms with E-state index in [1.165, 1.54) is 11.1 Å². The molecule has 0 fully saturated rings. The Kier molecular flexibility index (Phi) is 8.96. The number of aryl methyl sites for hydroxylation is 3. The number of nitrogen functional groups attached to an aromatic ring is 1. The Morgan fingerprint density at radius 1 is 0.731 bits per heavy atom. The summed E-state index contributed by atoms with van der Waals surface area (Å²) in [6.07, 6.45) is 0. The van der Waals surface area contributed by atoms with E-state index in [0.29, 0.717) is 5.56 Å². The van der Waals surface area contributed by atoms with Crippen molar-refractivity contribution >= 4 is 23.3 Å². The van der Waals surface area contributed by atoms with Crippen LogP contribution < -0.4 is 5.73 Å². The Hall–Kier alpha value is -2.78. The number of hydrogen-bond acceptors (Lipinski definition) is 2. The van der Waals surface area contributed by atoms with Crippen LogP contribution in [0.15, 0.2) is 72.8 Å². The second-order valence-electron chi connectivity index (χ2n) is 5.88. The number of rotatable bonds is 1. The molecule has 3 nitrogen and oxygen atoms in total. The summed E-state index contributed by atoms with van der Waals surface area (Å²) >= 11 is 5.61. The van der Waals surface area contributed by atoms with Crippen LogP contribution in [0.25, 0.3) is 0 Å². The Morgan fingerprint density at radius 3 is 1.38 bits per heavy atom. The van der Waals surface area contributed by atoms with Gasteiger partial charge in [-0.1, -0.05) is 64.7 Å². The van der Waals surface area contributed by atoms with Gasteiger partial charge in [-0.05, 0) is 57.2 Å². The van der Waals surface area contributed by atoms with E-state index in [9.17, 15) is 4.79 Å². The van der Waals surface area contributed by atoms with Crippen LogP contribution in [0.1, 0.15) is 27.0 Å². The predicted molar refractivity (Wildman–Crippen MR) is 110 cm³/mol. The third-order valence-corrected chi connectivity index (χ3v) is 3.64. The monoisotopic (exact) mass is 369 g/mol. The van der Waals surface area contributed by atoms with E-state index >= 15 is 0 Å². The summed E-state index contributed by atoms with van der Waals surface area (Å²) in [6.45, 7) is 6.00. The SMILES string of the molecule is Cc1ccc(C(=O)O)cc1.Cc1ccc(Cl)cc1.Cc1ccc(N)cc1. The van der Waals surface area contributed by atoms with E-state index in [2.05, 4.69) is 0 Å². The molecule has 0 bridgehead atoms. The first-order valence-electron chi connectivity index (χ1n) is 8.12. The fourth-order valence-electron chi connectivity index (χ4n) is 1.80. The van der Waals surface area contributed by atoms with Crippen LogP contribution in [0.3, 0.4) is 0 Å². The average molecular weight is 370 g/mol. The Labute approximate surface area is 160 Å². The molecule has 3 aromatic carbocycles. The van der Waals surface area contributed by atoms with E-state index in [-0.39, 0.29) is 0 Å². The van der Waals surface area contributed by atoms with Gasteiger partial charge in [-0.3, -0.25) is 0 Å². The molecule has 3 rings (SSSR count). The molecule has 0 atom stereocenters. The topological polar surface area (TPSA) is 63.3 Å². The minimum atomic E-state index is -0.875. The molecule has 4 heteroatoms. The summed E-state index contributed by atoms with van der Waals surface area (Å²) in [7, 11) is 0. The molecular weight excluding hydrogens is 346 g/mol. The number of halogens is 1. The zero-order valence-electron chi connectivity index (χ0n) is 15.2. The zero-order valence-corrected chi connectivity index (χ0v) is 16.0. The van der Waals surface area contributed by atoms with Crippen molar-refractivity contribution in [2.45, 2.75) is 20.8 Å². The molecule has 0 unspecified atom stereocenters. The van der Waals surface area contributed by atoms with Crippen molar-refractivity contribution in [3.8, 4) is 0 Å². The molecule has 0 radical (unpaired) electrons. The predicted octanol–water partition coefficient (Wildman–Crippen LogP) is 5.92. The summed E-state index contributed by atoms with van der Waals surface area (Å²) < 4.78 is 0. The fraction of sp³-hybridized carbons (Fsp3) is 0.136. The summed E-state index contributed by atoms with van der Waals surface area (Å²) in [5.74, 6) is -0.875. The maximum Gasteiger partial charge on any atom is 0.335 e. The fourth-order valence-corrected chi connectivity index (χ4v) is 1.92. The van der Waals surface area contributed by atoms with E-state index < -0.39 is 5.97 Å². The molecule has 0 saturated carbocycles. The minimum absolute atomic E-state index is 0.339. The number of carboxylic acid groups (broad SMARTS) is 1. The number of carbonyl (C=O) groups is 1. The van der Waals surface area contributed by atoms with Gasteiger partial charge >= 0.3 is 5.97 Å². The van der Waals surface area contributed by atoms with Gasteiger partial charge in [0.1, 0.15) is 0 Å². The largest absolute Gasteiger partial charge is 0.478 e. The van der Waals surface area contributed by atoms with Crippen LogP contribution in [0.2, 0.25) is 5.02 Å². The first-order chi connectivity index (χ1) is 12.3. The van der Waals surface area contributed by atoms with Crippen molar-refractivity contribution in [3.63, 3.8) is 0 Å². The van der Waals surface area contributed by atoms with Gasteiger partial charge < -0.3 is 10.8 Å². The molecular formula is C22H24ClNO2. The Morgan fingerprint density at radius 2 is 1.08 bits per heavy atom. The molecule has 0 aliphatic carbocycles. The number of anilines is 1. The number of benzene rings is 3. The second-order valence-corrected chi connectivity index (χ2v) is 6.31. The third kappa shape index (κ3) is 8.90.